The number of nitrogens with one attached hydrogen (secondary N) is 2. The Morgan fingerprint density at radius 1 is 0.840 bits per heavy atom. The molecule has 3 aliphatic rings. The van der Waals surface area contributed by atoms with Crippen LogP contribution in [0.3, 0.4) is 0 Å². The second-order valence-corrected chi connectivity index (χ2v) is 7.07. The monoisotopic (exact) mass is 341 g/mol. The van der Waals surface area contributed by atoms with Gasteiger partial charge < -0.3 is 0 Å². The quantitative estimate of drug-likeness (QED) is 0.574. The first-order valence-electron chi connectivity index (χ1n) is 8.47. The van der Waals surface area contributed by atoms with Gasteiger partial charge in [0.25, 0.3) is 0 Å². The Morgan fingerprint density at radius 3 is 1.80 bits per heavy atom. The molecule has 0 radical (unpaired) electrons. The summed E-state index contributed by atoms with van der Waals surface area (Å²) in [5, 5.41) is 4.38. The van der Waals surface area contributed by atoms with Gasteiger partial charge in [0.1, 0.15) is 11.8 Å². The summed E-state index contributed by atoms with van der Waals surface area (Å²) in [7, 11) is 0. The number of carbonyl (C=O) groups is 4. The molecule has 0 aromatic heterocycles. The third kappa shape index (κ3) is 2.46. The van der Waals surface area contributed by atoms with E-state index < -0.39 is 40.9 Å². The minimum Gasteiger partial charge on any atom is -0.299 e. The third-order valence-electron chi connectivity index (χ3n) is 5.73. The summed E-state index contributed by atoms with van der Waals surface area (Å²) in [5.74, 6) is -4.26. The molecule has 3 saturated heterocycles. The minimum absolute atomic E-state index is 0.480. The first-order chi connectivity index (χ1) is 12.0. The molecule has 0 aliphatic carbocycles. The fraction of sp³-hybridized carbons (Fsp3) is 0.444. The zero-order chi connectivity index (χ0) is 17.6. The highest BCUT2D eigenvalue weighted by Gasteiger charge is 2.64. The fourth-order valence-corrected chi connectivity index (χ4v) is 4.53. The van der Waals surface area contributed by atoms with Crippen molar-refractivity contribution in [2.45, 2.75) is 19.4 Å². The lowest BCUT2D eigenvalue weighted by atomic mass is 9.56. The zero-order valence-electron chi connectivity index (χ0n) is 13.7. The van der Waals surface area contributed by atoms with Crippen molar-refractivity contribution in [2.24, 2.45) is 17.3 Å². The number of hydrogen-bond acceptors (Lipinski definition) is 5. The number of benzene rings is 1. The molecule has 1 aromatic rings. The summed E-state index contributed by atoms with van der Waals surface area (Å²) in [6, 6.07) is 10.0. The Bertz CT molecular complexity index is 689. The third-order valence-corrected chi connectivity index (χ3v) is 5.73. The SMILES string of the molecule is O=C1NC(=O)C2C(=O)NC(=O)C1C21CCN(Cc2ccccc2)CC1. The lowest BCUT2D eigenvalue weighted by Gasteiger charge is -2.52. The molecule has 2 bridgehead atoms. The van der Waals surface area contributed by atoms with Crippen LogP contribution < -0.4 is 10.6 Å². The topological polar surface area (TPSA) is 95.6 Å². The molecular formula is C18H19N3O4. The summed E-state index contributed by atoms with van der Waals surface area (Å²) in [4.78, 5) is 51.3. The van der Waals surface area contributed by atoms with E-state index in [1.54, 1.807) is 0 Å². The van der Waals surface area contributed by atoms with E-state index in [4.69, 9.17) is 0 Å². The first-order valence-corrected chi connectivity index (χ1v) is 8.47. The van der Waals surface area contributed by atoms with Gasteiger partial charge in [-0.3, -0.25) is 34.7 Å². The predicted octanol–water partition coefficient (Wildman–Crippen LogP) is -0.186. The van der Waals surface area contributed by atoms with Crippen molar-refractivity contribution >= 4 is 23.6 Å². The van der Waals surface area contributed by atoms with Gasteiger partial charge in [-0.2, -0.15) is 0 Å². The normalized spacial score (nSPS) is 28.6. The first kappa shape index (κ1) is 16.0. The van der Waals surface area contributed by atoms with Crippen LogP contribution in [-0.2, 0) is 25.7 Å². The summed E-state index contributed by atoms with van der Waals surface area (Å²) in [5.41, 5.74) is 0.302. The molecule has 130 valence electrons. The summed E-state index contributed by atoms with van der Waals surface area (Å²) in [6.45, 7) is 2.05. The Balaban J connectivity index is 1.57. The fourth-order valence-electron chi connectivity index (χ4n) is 4.53. The highest BCUT2D eigenvalue weighted by Crippen LogP contribution is 2.50. The van der Waals surface area contributed by atoms with Crippen LogP contribution in [0.2, 0.25) is 0 Å². The van der Waals surface area contributed by atoms with Crippen LogP contribution in [0.15, 0.2) is 30.3 Å². The van der Waals surface area contributed by atoms with Gasteiger partial charge in [-0.1, -0.05) is 30.3 Å². The maximum atomic E-state index is 12.3. The van der Waals surface area contributed by atoms with E-state index in [1.807, 2.05) is 30.3 Å². The molecule has 3 fully saturated rings. The van der Waals surface area contributed by atoms with Crippen molar-refractivity contribution < 1.29 is 19.2 Å². The number of hydrogen-bond donors (Lipinski definition) is 2. The molecule has 4 rings (SSSR count). The summed E-state index contributed by atoms with van der Waals surface area (Å²) < 4.78 is 0. The second-order valence-electron chi connectivity index (χ2n) is 7.07. The highest BCUT2D eigenvalue weighted by molar-refractivity contribution is 6.22. The molecule has 0 saturated carbocycles. The zero-order valence-corrected chi connectivity index (χ0v) is 13.7. The van der Waals surface area contributed by atoms with Crippen LogP contribution in [0.1, 0.15) is 18.4 Å². The molecule has 3 aliphatic heterocycles. The lowest BCUT2D eigenvalue weighted by molar-refractivity contribution is -0.170. The van der Waals surface area contributed by atoms with Gasteiger partial charge in [0.15, 0.2) is 0 Å². The Kier molecular flexibility index (Phi) is 3.68. The Morgan fingerprint density at radius 2 is 1.32 bits per heavy atom. The van der Waals surface area contributed by atoms with E-state index in [0.29, 0.717) is 25.9 Å². The maximum Gasteiger partial charge on any atom is 0.239 e. The smallest absolute Gasteiger partial charge is 0.239 e. The molecule has 4 amide bonds. The molecule has 0 atom stereocenters. The number of carbonyl (C=O) groups excluding carboxylic acids is 4. The maximum absolute atomic E-state index is 12.3. The van der Waals surface area contributed by atoms with Gasteiger partial charge in [-0.15, -0.1) is 0 Å². The van der Waals surface area contributed by atoms with Gasteiger partial charge in [0.05, 0.1) is 0 Å². The predicted molar refractivity (Wildman–Crippen MR) is 86.7 cm³/mol. The molecular weight excluding hydrogens is 322 g/mol. The van der Waals surface area contributed by atoms with Crippen LogP contribution in [-0.4, -0.2) is 41.6 Å². The van der Waals surface area contributed by atoms with Gasteiger partial charge in [0, 0.05) is 12.0 Å². The van der Waals surface area contributed by atoms with E-state index >= 15 is 0 Å². The molecule has 2 N–H and O–H groups in total. The van der Waals surface area contributed by atoms with E-state index in [-0.39, 0.29) is 0 Å². The molecule has 1 aromatic carbocycles. The van der Waals surface area contributed by atoms with Gasteiger partial charge >= 0.3 is 0 Å². The van der Waals surface area contributed by atoms with E-state index in [1.165, 1.54) is 5.56 Å². The van der Waals surface area contributed by atoms with Crippen molar-refractivity contribution in [3.63, 3.8) is 0 Å². The molecule has 7 heteroatoms. The van der Waals surface area contributed by atoms with Crippen molar-refractivity contribution in [1.29, 1.82) is 0 Å². The van der Waals surface area contributed by atoms with Crippen LogP contribution in [0, 0.1) is 17.3 Å². The van der Waals surface area contributed by atoms with Crippen molar-refractivity contribution in [3.8, 4) is 0 Å². The van der Waals surface area contributed by atoms with Crippen molar-refractivity contribution in [3.05, 3.63) is 35.9 Å². The standard InChI is InChI=1S/C18H19N3O4/c22-14-12-15(23)20-17(25)13(16(24)19-14)18(12)6-8-21(9-7-18)10-11-4-2-1-3-5-11/h1-5,12-13H,6-10H2,(H,19,22,24)(H,20,23,25). The van der Waals surface area contributed by atoms with Gasteiger partial charge in [-0.25, -0.2) is 0 Å². The number of nitrogens with zero attached hydrogens (tertiary/aromatic N) is 1. The van der Waals surface area contributed by atoms with Gasteiger partial charge in [0.2, 0.25) is 23.6 Å². The summed E-state index contributed by atoms with van der Waals surface area (Å²) >= 11 is 0. The number of likely N-dealkylation sites (tertiary alicyclic amines) is 1. The van der Waals surface area contributed by atoms with Crippen LogP contribution >= 0.6 is 0 Å². The average Bonchev–Trinajstić information content (AvgIpc) is 2.57. The molecule has 7 nitrogen and oxygen atoms in total. The largest absolute Gasteiger partial charge is 0.299 e. The highest BCUT2D eigenvalue weighted by atomic mass is 16.2. The van der Waals surface area contributed by atoms with E-state index in [2.05, 4.69) is 15.5 Å². The number of rotatable bonds is 2. The van der Waals surface area contributed by atoms with E-state index in [0.717, 1.165) is 6.54 Å². The number of amides is 4. The number of piperidine rings is 3. The lowest BCUT2D eigenvalue weighted by Crippen LogP contribution is -2.71. The second kappa shape index (κ2) is 5.77. The van der Waals surface area contributed by atoms with Crippen LogP contribution in [0.25, 0.3) is 0 Å². The van der Waals surface area contributed by atoms with Crippen LogP contribution in [0.4, 0.5) is 0 Å². The van der Waals surface area contributed by atoms with E-state index in [9.17, 15) is 19.2 Å². The van der Waals surface area contributed by atoms with Gasteiger partial charge in [-0.05, 0) is 31.5 Å². The number of imide groups is 2. The molecule has 25 heavy (non-hydrogen) atoms. The van der Waals surface area contributed by atoms with Crippen LogP contribution in [0.5, 0.6) is 0 Å². The average molecular weight is 341 g/mol. The Labute approximate surface area is 144 Å². The molecule has 0 unspecified atom stereocenters. The van der Waals surface area contributed by atoms with Crippen molar-refractivity contribution in [1.82, 2.24) is 15.5 Å². The minimum atomic E-state index is -0.966. The molecule has 1 spiro atoms. The molecule has 3 heterocycles. The Hall–Kier alpha value is -2.54. The summed E-state index contributed by atoms with van der Waals surface area (Å²) in [6.07, 6.45) is 0.959. The van der Waals surface area contributed by atoms with Crippen molar-refractivity contribution in [2.75, 3.05) is 13.1 Å².